The Kier molecular flexibility index (Phi) is 8.06. The lowest BCUT2D eigenvalue weighted by Gasteiger charge is -2.31. The fourth-order valence-corrected chi connectivity index (χ4v) is 3.68. The summed E-state index contributed by atoms with van der Waals surface area (Å²) in [7, 11) is 0. The summed E-state index contributed by atoms with van der Waals surface area (Å²) in [6.45, 7) is 3.89. The van der Waals surface area contributed by atoms with E-state index in [2.05, 4.69) is 12.2 Å². The number of carbonyl (C=O) groups is 3. The smallest absolute Gasteiger partial charge is 0.257 e. The number of rotatable bonds is 8. The number of nitrogens with one attached hydrogen (secondary N) is 1. The molecule has 31 heavy (non-hydrogen) atoms. The maximum absolute atomic E-state index is 12.5. The molecule has 164 valence electrons. The van der Waals surface area contributed by atoms with Gasteiger partial charge in [-0.1, -0.05) is 18.5 Å². The normalized spacial score (nSPS) is 15.9. The summed E-state index contributed by atoms with van der Waals surface area (Å²) in [6, 6.07) is 13.3. The van der Waals surface area contributed by atoms with Gasteiger partial charge in [-0.05, 0) is 67.3 Å². The molecule has 0 aromatic heterocycles. The van der Waals surface area contributed by atoms with E-state index in [1.165, 1.54) is 0 Å². The first kappa shape index (κ1) is 22.8. The molecule has 1 saturated heterocycles. The largest absolute Gasteiger partial charge is 0.484 e. The van der Waals surface area contributed by atoms with Crippen molar-refractivity contribution in [3.63, 3.8) is 0 Å². The van der Waals surface area contributed by atoms with Crippen LogP contribution in [0.15, 0.2) is 48.5 Å². The standard InChI is InChI=1S/C24H27ClN2O4/c1-17-3-2-14-27(15-17)23(29)12-13-26-22(28)16-31-21-10-6-19(7-11-21)24(30)18-4-8-20(25)9-5-18/h4-11,17H,2-3,12-16H2,1H3,(H,26,28). The first-order valence-corrected chi connectivity index (χ1v) is 10.9. The third kappa shape index (κ3) is 6.82. The fraction of sp³-hybridized carbons (Fsp3) is 0.375. The van der Waals surface area contributed by atoms with E-state index >= 15 is 0 Å². The van der Waals surface area contributed by atoms with E-state index in [9.17, 15) is 14.4 Å². The highest BCUT2D eigenvalue weighted by Gasteiger charge is 2.20. The van der Waals surface area contributed by atoms with Gasteiger partial charge in [-0.15, -0.1) is 0 Å². The van der Waals surface area contributed by atoms with Crippen molar-refractivity contribution in [1.82, 2.24) is 10.2 Å². The number of ketones is 1. The summed E-state index contributed by atoms with van der Waals surface area (Å²) in [4.78, 5) is 38.5. The summed E-state index contributed by atoms with van der Waals surface area (Å²) in [5, 5.41) is 3.29. The van der Waals surface area contributed by atoms with E-state index < -0.39 is 0 Å². The van der Waals surface area contributed by atoms with Crippen molar-refractivity contribution in [3.8, 4) is 5.75 Å². The zero-order valence-corrected chi connectivity index (χ0v) is 18.4. The van der Waals surface area contributed by atoms with Gasteiger partial charge in [0.05, 0.1) is 0 Å². The SMILES string of the molecule is CC1CCCN(C(=O)CCNC(=O)COc2ccc(C(=O)c3ccc(Cl)cc3)cc2)C1. The molecule has 0 spiro atoms. The van der Waals surface area contributed by atoms with Crippen molar-refractivity contribution in [2.45, 2.75) is 26.2 Å². The lowest BCUT2D eigenvalue weighted by atomic mass is 10.00. The number of nitrogens with zero attached hydrogens (tertiary/aromatic N) is 1. The van der Waals surface area contributed by atoms with E-state index in [0.717, 1.165) is 25.9 Å². The van der Waals surface area contributed by atoms with Crippen LogP contribution in [0.2, 0.25) is 5.02 Å². The van der Waals surface area contributed by atoms with E-state index in [1.54, 1.807) is 48.5 Å². The highest BCUT2D eigenvalue weighted by molar-refractivity contribution is 6.30. The lowest BCUT2D eigenvalue weighted by Crippen LogP contribution is -2.41. The van der Waals surface area contributed by atoms with Crippen LogP contribution >= 0.6 is 11.6 Å². The van der Waals surface area contributed by atoms with Crippen LogP contribution < -0.4 is 10.1 Å². The van der Waals surface area contributed by atoms with Gasteiger partial charge in [-0.2, -0.15) is 0 Å². The molecule has 0 saturated carbocycles. The number of carbonyl (C=O) groups excluding carboxylic acids is 3. The molecular weight excluding hydrogens is 416 g/mol. The van der Waals surface area contributed by atoms with E-state index in [0.29, 0.717) is 40.8 Å². The highest BCUT2D eigenvalue weighted by Crippen LogP contribution is 2.18. The molecule has 1 atom stereocenters. The van der Waals surface area contributed by atoms with Crippen molar-refractivity contribution >= 4 is 29.2 Å². The number of ether oxygens (including phenoxy) is 1. The minimum atomic E-state index is -0.291. The Morgan fingerprint density at radius 3 is 2.35 bits per heavy atom. The van der Waals surface area contributed by atoms with Crippen LogP contribution in [0.1, 0.15) is 42.1 Å². The summed E-state index contributed by atoms with van der Waals surface area (Å²) in [5.41, 5.74) is 1.07. The molecule has 6 nitrogen and oxygen atoms in total. The zero-order chi connectivity index (χ0) is 22.2. The molecule has 3 rings (SSSR count). The van der Waals surface area contributed by atoms with Gasteiger partial charge in [0.1, 0.15) is 5.75 Å². The van der Waals surface area contributed by atoms with Crippen LogP contribution in [-0.4, -0.2) is 48.7 Å². The van der Waals surface area contributed by atoms with Gasteiger partial charge in [0.2, 0.25) is 5.91 Å². The highest BCUT2D eigenvalue weighted by atomic mass is 35.5. The van der Waals surface area contributed by atoms with E-state index in [1.807, 2.05) is 4.90 Å². The van der Waals surface area contributed by atoms with Gasteiger partial charge in [-0.25, -0.2) is 0 Å². The Morgan fingerprint density at radius 1 is 1.06 bits per heavy atom. The quantitative estimate of drug-likeness (QED) is 0.632. The number of hydrogen-bond acceptors (Lipinski definition) is 4. The van der Waals surface area contributed by atoms with Crippen LogP contribution in [0.4, 0.5) is 0 Å². The monoisotopic (exact) mass is 442 g/mol. The van der Waals surface area contributed by atoms with Crippen molar-refractivity contribution in [3.05, 3.63) is 64.7 Å². The third-order valence-electron chi connectivity index (χ3n) is 5.26. The maximum atomic E-state index is 12.5. The number of piperidine rings is 1. The van der Waals surface area contributed by atoms with Crippen molar-refractivity contribution in [1.29, 1.82) is 0 Å². The maximum Gasteiger partial charge on any atom is 0.257 e. The topological polar surface area (TPSA) is 75.7 Å². The molecule has 1 N–H and O–H groups in total. The minimum Gasteiger partial charge on any atom is -0.484 e. The molecule has 0 radical (unpaired) electrons. The van der Waals surface area contributed by atoms with Crippen LogP contribution in [0, 0.1) is 5.92 Å². The number of benzene rings is 2. The van der Waals surface area contributed by atoms with Crippen molar-refractivity contribution in [2.24, 2.45) is 5.92 Å². The Hall–Kier alpha value is -2.86. The number of likely N-dealkylation sites (tertiary alicyclic amines) is 1. The number of halogens is 1. The van der Waals surface area contributed by atoms with Crippen LogP contribution in [0.25, 0.3) is 0 Å². The number of amides is 2. The molecule has 1 unspecified atom stereocenters. The van der Waals surface area contributed by atoms with E-state index in [4.69, 9.17) is 16.3 Å². The molecule has 0 bridgehead atoms. The summed E-state index contributed by atoms with van der Waals surface area (Å²) < 4.78 is 5.48. The second-order valence-corrected chi connectivity index (χ2v) is 8.27. The molecule has 7 heteroatoms. The zero-order valence-electron chi connectivity index (χ0n) is 17.6. The first-order chi connectivity index (χ1) is 14.9. The second-order valence-electron chi connectivity index (χ2n) is 7.84. The minimum absolute atomic E-state index is 0.0775. The summed E-state index contributed by atoms with van der Waals surface area (Å²) >= 11 is 5.85. The lowest BCUT2D eigenvalue weighted by molar-refractivity contribution is -0.132. The van der Waals surface area contributed by atoms with Crippen LogP contribution in [0.5, 0.6) is 5.75 Å². The van der Waals surface area contributed by atoms with Crippen molar-refractivity contribution in [2.75, 3.05) is 26.2 Å². The molecule has 0 aliphatic carbocycles. The van der Waals surface area contributed by atoms with Gasteiger partial charge < -0.3 is 15.0 Å². The van der Waals surface area contributed by atoms with Gasteiger partial charge >= 0.3 is 0 Å². The average molecular weight is 443 g/mol. The van der Waals surface area contributed by atoms with Gasteiger partial charge in [0, 0.05) is 42.2 Å². The fourth-order valence-electron chi connectivity index (χ4n) is 3.55. The Labute approximate surface area is 187 Å². The van der Waals surface area contributed by atoms with Crippen LogP contribution in [-0.2, 0) is 9.59 Å². The second kappa shape index (κ2) is 11.0. The molecule has 2 aromatic rings. The van der Waals surface area contributed by atoms with E-state index in [-0.39, 0.29) is 24.2 Å². The summed E-state index contributed by atoms with van der Waals surface area (Å²) in [6.07, 6.45) is 2.49. The molecule has 1 heterocycles. The predicted octanol–water partition coefficient (Wildman–Crippen LogP) is 3.71. The molecule has 2 aromatic carbocycles. The summed E-state index contributed by atoms with van der Waals surface area (Å²) in [5.74, 6) is 0.693. The Bertz CT molecular complexity index is 912. The predicted molar refractivity (Wildman–Crippen MR) is 119 cm³/mol. The Balaban J connectivity index is 1.39. The van der Waals surface area contributed by atoms with Crippen LogP contribution in [0.3, 0.4) is 0 Å². The third-order valence-corrected chi connectivity index (χ3v) is 5.52. The molecule has 1 aliphatic heterocycles. The Morgan fingerprint density at radius 2 is 1.71 bits per heavy atom. The van der Waals surface area contributed by atoms with Gasteiger partial charge in [0.15, 0.2) is 12.4 Å². The molecule has 1 fully saturated rings. The first-order valence-electron chi connectivity index (χ1n) is 10.5. The number of hydrogen-bond donors (Lipinski definition) is 1. The van der Waals surface area contributed by atoms with Crippen molar-refractivity contribution < 1.29 is 19.1 Å². The average Bonchev–Trinajstić information content (AvgIpc) is 2.78. The van der Waals surface area contributed by atoms with Gasteiger partial charge in [0.25, 0.3) is 5.91 Å². The molecular formula is C24H27ClN2O4. The van der Waals surface area contributed by atoms with Gasteiger partial charge in [-0.3, -0.25) is 14.4 Å². The molecule has 1 aliphatic rings. The molecule has 2 amide bonds.